The summed E-state index contributed by atoms with van der Waals surface area (Å²) in [5.41, 5.74) is 2.09. The van der Waals surface area contributed by atoms with Crippen LogP contribution in [0.5, 0.6) is 0 Å². The number of fused-ring (bicyclic) bond motifs is 1. The van der Waals surface area contributed by atoms with Crippen LogP contribution in [0.2, 0.25) is 0 Å². The predicted octanol–water partition coefficient (Wildman–Crippen LogP) is 4.47. The average molecular weight is 319 g/mol. The van der Waals surface area contributed by atoms with Gasteiger partial charge >= 0.3 is 0 Å². The molecule has 2 N–H and O–H groups in total. The zero-order chi connectivity index (χ0) is 14.8. The SMILES string of the molecule is Cc1nc2ccc(NC(=S)N[C@H]3CCCC[C@H]3C)cc2s1. The van der Waals surface area contributed by atoms with Gasteiger partial charge in [-0.25, -0.2) is 4.98 Å². The fourth-order valence-electron chi connectivity index (χ4n) is 2.98. The summed E-state index contributed by atoms with van der Waals surface area (Å²) in [6.45, 7) is 4.35. The summed E-state index contributed by atoms with van der Waals surface area (Å²) < 4.78 is 1.20. The fraction of sp³-hybridized carbons (Fsp3) is 0.500. The molecule has 0 radical (unpaired) electrons. The second-order valence-electron chi connectivity index (χ2n) is 5.88. The predicted molar refractivity (Wildman–Crippen MR) is 95.1 cm³/mol. The molecule has 1 aromatic heterocycles. The van der Waals surface area contributed by atoms with Crippen molar-refractivity contribution in [2.75, 3.05) is 5.32 Å². The van der Waals surface area contributed by atoms with E-state index < -0.39 is 0 Å². The maximum Gasteiger partial charge on any atom is 0.171 e. The van der Waals surface area contributed by atoms with Crippen molar-refractivity contribution in [1.29, 1.82) is 0 Å². The Hall–Kier alpha value is -1.20. The average Bonchev–Trinajstić information content (AvgIpc) is 2.80. The summed E-state index contributed by atoms with van der Waals surface area (Å²) in [6, 6.07) is 6.72. The molecule has 1 heterocycles. The molecule has 3 rings (SSSR count). The number of anilines is 1. The highest BCUT2D eigenvalue weighted by molar-refractivity contribution is 7.80. The number of benzene rings is 1. The highest BCUT2D eigenvalue weighted by Crippen LogP contribution is 2.26. The lowest BCUT2D eigenvalue weighted by Gasteiger charge is -2.30. The summed E-state index contributed by atoms with van der Waals surface area (Å²) >= 11 is 7.18. The van der Waals surface area contributed by atoms with Crippen LogP contribution in [0.4, 0.5) is 5.69 Å². The Bertz CT molecular complexity index is 650. The zero-order valence-electron chi connectivity index (χ0n) is 12.5. The molecule has 1 fully saturated rings. The molecule has 21 heavy (non-hydrogen) atoms. The number of hydrogen-bond acceptors (Lipinski definition) is 3. The summed E-state index contributed by atoms with van der Waals surface area (Å²) in [7, 11) is 0. The Kier molecular flexibility index (Phi) is 4.40. The molecule has 0 saturated heterocycles. The quantitative estimate of drug-likeness (QED) is 0.801. The number of thiazole rings is 1. The minimum atomic E-state index is 0.508. The highest BCUT2D eigenvalue weighted by atomic mass is 32.1. The molecule has 5 heteroatoms. The molecule has 2 atom stereocenters. The van der Waals surface area contributed by atoms with Gasteiger partial charge in [0.2, 0.25) is 0 Å². The lowest BCUT2D eigenvalue weighted by molar-refractivity contribution is 0.309. The van der Waals surface area contributed by atoms with Gasteiger partial charge in [0.25, 0.3) is 0 Å². The van der Waals surface area contributed by atoms with Gasteiger partial charge in [-0.3, -0.25) is 0 Å². The second-order valence-corrected chi connectivity index (χ2v) is 7.53. The molecular weight excluding hydrogens is 298 g/mol. The molecule has 0 aliphatic heterocycles. The van der Waals surface area contributed by atoms with Gasteiger partial charge in [-0.05, 0) is 56.1 Å². The van der Waals surface area contributed by atoms with E-state index in [0.29, 0.717) is 12.0 Å². The molecule has 0 amide bonds. The van der Waals surface area contributed by atoms with E-state index in [1.165, 1.54) is 30.4 Å². The Balaban J connectivity index is 1.65. The molecule has 2 aromatic rings. The molecule has 0 unspecified atom stereocenters. The molecular formula is C16H21N3S2. The number of nitrogens with zero attached hydrogens (tertiary/aromatic N) is 1. The van der Waals surface area contributed by atoms with E-state index in [-0.39, 0.29) is 0 Å². The number of aryl methyl sites for hydroxylation is 1. The van der Waals surface area contributed by atoms with Gasteiger partial charge in [0.05, 0.1) is 15.2 Å². The van der Waals surface area contributed by atoms with Crippen LogP contribution in [0.25, 0.3) is 10.2 Å². The van der Waals surface area contributed by atoms with E-state index in [0.717, 1.165) is 21.3 Å². The van der Waals surface area contributed by atoms with Gasteiger partial charge in [-0.1, -0.05) is 19.8 Å². The van der Waals surface area contributed by atoms with E-state index in [4.69, 9.17) is 12.2 Å². The Labute approximate surface area is 135 Å². The summed E-state index contributed by atoms with van der Waals surface area (Å²) in [5.74, 6) is 0.699. The van der Waals surface area contributed by atoms with E-state index in [9.17, 15) is 0 Å². The third-order valence-electron chi connectivity index (χ3n) is 4.18. The number of rotatable bonds is 2. The van der Waals surface area contributed by atoms with Gasteiger partial charge < -0.3 is 10.6 Å². The summed E-state index contributed by atoms with van der Waals surface area (Å²) in [6.07, 6.45) is 5.17. The van der Waals surface area contributed by atoms with Crippen LogP contribution < -0.4 is 10.6 Å². The van der Waals surface area contributed by atoms with Crippen LogP contribution in [0, 0.1) is 12.8 Å². The first kappa shape index (κ1) is 14.7. The van der Waals surface area contributed by atoms with Crippen molar-refractivity contribution < 1.29 is 0 Å². The van der Waals surface area contributed by atoms with Crippen molar-refractivity contribution in [2.24, 2.45) is 5.92 Å². The minimum absolute atomic E-state index is 0.508. The third kappa shape index (κ3) is 3.52. The lowest BCUT2D eigenvalue weighted by atomic mass is 9.86. The number of hydrogen-bond donors (Lipinski definition) is 2. The van der Waals surface area contributed by atoms with Crippen molar-refractivity contribution in [3.8, 4) is 0 Å². The van der Waals surface area contributed by atoms with Crippen molar-refractivity contribution in [3.05, 3.63) is 23.2 Å². The van der Waals surface area contributed by atoms with Crippen LogP contribution >= 0.6 is 23.6 Å². The number of nitrogens with one attached hydrogen (secondary N) is 2. The highest BCUT2D eigenvalue weighted by Gasteiger charge is 2.21. The van der Waals surface area contributed by atoms with Gasteiger partial charge in [0.1, 0.15) is 0 Å². The van der Waals surface area contributed by atoms with Crippen molar-refractivity contribution in [1.82, 2.24) is 10.3 Å². The molecule has 1 saturated carbocycles. The normalized spacial score (nSPS) is 22.2. The number of aromatic nitrogens is 1. The first-order valence-electron chi connectivity index (χ1n) is 7.56. The largest absolute Gasteiger partial charge is 0.359 e. The Morgan fingerprint density at radius 1 is 1.33 bits per heavy atom. The molecule has 1 aliphatic carbocycles. The molecule has 0 bridgehead atoms. The van der Waals surface area contributed by atoms with Crippen LogP contribution in [0.3, 0.4) is 0 Å². The van der Waals surface area contributed by atoms with E-state index in [1.54, 1.807) is 11.3 Å². The first-order chi connectivity index (χ1) is 10.1. The van der Waals surface area contributed by atoms with Crippen LogP contribution in [-0.4, -0.2) is 16.1 Å². The standard InChI is InChI=1S/C16H21N3S2/c1-10-5-3-4-6-13(10)19-16(20)18-12-7-8-14-15(9-12)21-11(2)17-14/h7-10,13H,3-6H2,1-2H3,(H2,18,19,20)/t10-,13+/m1/s1. The van der Waals surface area contributed by atoms with E-state index >= 15 is 0 Å². The molecule has 3 nitrogen and oxygen atoms in total. The molecule has 112 valence electrons. The maximum absolute atomic E-state index is 5.46. The topological polar surface area (TPSA) is 37.0 Å². The number of thiocarbonyl (C=S) groups is 1. The molecule has 1 aromatic carbocycles. The fourth-order valence-corrected chi connectivity index (χ4v) is 4.12. The van der Waals surface area contributed by atoms with Crippen molar-refractivity contribution in [2.45, 2.75) is 45.6 Å². The summed E-state index contributed by atoms with van der Waals surface area (Å²) in [4.78, 5) is 4.48. The minimum Gasteiger partial charge on any atom is -0.359 e. The Morgan fingerprint density at radius 2 is 2.14 bits per heavy atom. The second kappa shape index (κ2) is 6.28. The van der Waals surface area contributed by atoms with E-state index in [2.05, 4.69) is 28.6 Å². The van der Waals surface area contributed by atoms with Crippen LogP contribution in [-0.2, 0) is 0 Å². The van der Waals surface area contributed by atoms with Gasteiger partial charge in [0.15, 0.2) is 5.11 Å². The monoisotopic (exact) mass is 319 g/mol. The van der Waals surface area contributed by atoms with Gasteiger partial charge in [0, 0.05) is 11.7 Å². The third-order valence-corrected chi connectivity index (χ3v) is 5.33. The summed E-state index contributed by atoms with van der Waals surface area (Å²) in [5, 5.41) is 8.62. The van der Waals surface area contributed by atoms with Crippen LogP contribution in [0.1, 0.15) is 37.6 Å². The Morgan fingerprint density at radius 3 is 2.95 bits per heavy atom. The van der Waals surface area contributed by atoms with Crippen LogP contribution in [0.15, 0.2) is 18.2 Å². The lowest BCUT2D eigenvalue weighted by Crippen LogP contribution is -2.43. The smallest absolute Gasteiger partial charge is 0.171 e. The van der Waals surface area contributed by atoms with Crippen molar-refractivity contribution in [3.63, 3.8) is 0 Å². The molecule has 1 aliphatic rings. The first-order valence-corrected chi connectivity index (χ1v) is 8.79. The van der Waals surface area contributed by atoms with Gasteiger partial charge in [-0.2, -0.15) is 0 Å². The van der Waals surface area contributed by atoms with E-state index in [1.807, 2.05) is 19.1 Å². The molecule has 0 spiro atoms. The zero-order valence-corrected chi connectivity index (χ0v) is 14.1. The van der Waals surface area contributed by atoms with Gasteiger partial charge in [-0.15, -0.1) is 11.3 Å². The maximum atomic E-state index is 5.46. The van der Waals surface area contributed by atoms with Crippen molar-refractivity contribution >= 4 is 44.6 Å².